The second-order valence-electron chi connectivity index (χ2n) is 6.67. The number of nitrogens with zero attached hydrogens (tertiary/aromatic N) is 1. The highest BCUT2D eigenvalue weighted by molar-refractivity contribution is 6.12. The molecule has 0 fully saturated rings. The second kappa shape index (κ2) is 10.1. The fourth-order valence-electron chi connectivity index (χ4n) is 2.99. The topological polar surface area (TPSA) is 81.9 Å². The molecule has 30 heavy (non-hydrogen) atoms. The Labute approximate surface area is 175 Å². The van der Waals surface area contributed by atoms with Gasteiger partial charge in [-0.3, -0.25) is 4.79 Å². The molecule has 2 N–H and O–H groups in total. The van der Waals surface area contributed by atoms with Gasteiger partial charge in [0.2, 0.25) is 5.91 Å². The van der Waals surface area contributed by atoms with Gasteiger partial charge in [0, 0.05) is 18.2 Å². The highest BCUT2D eigenvalue weighted by Crippen LogP contribution is 2.22. The van der Waals surface area contributed by atoms with E-state index < -0.39 is 6.09 Å². The molecule has 0 saturated carbocycles. The van der Waals surface area contributed by atoms with E-state index in [1.54, 1.807) is 43.5 Å². The van der Waals surface area contributed by atoms with Crippen molar-refractivity contribution in [3.63, 3.8) is 0 Å². The largest absolute Gasteiger partial charge is 0.497 e. The smallest absolute Gasteiger partial charge is 0.421 e. The standard InChI is InChI=1S/C24H24N2O4/c1-29-21-14-12-19(22(25)16-21)13-15-23(27)26(20-10-6-3-7-11-20)24(28)30-17-18-8-4-2-5-9-18/h2-12,14,16H,13,15,17,25H2,1H3. The average Bonchev–Trinajstić information content (AvgIpc) is 2.78. The molecule has 0 aliphatic heterocycles. The van der Waals surface area contributed by atoms with E-state index in [-0.39, 0.29) is 18.9 Å². The van der Waals surface area contributed by atoms with Gasteiger partial charge in [-0.25, -0.2) is 9.69 Å². The Morgan fingerprint density at radius 3 is 2.23 bits per heavy atom. The van der Waals surface area contributed by atoms with Gasteiger partial charge in [0.25, 0.3) is 0 Å². The molecule has 0 radical (unpaired) electrons. The first-order valence-corrected chi connectivity index (χ1v) is 9.59. The number of methoxy groups -OCH3 is 1. The van der Waals surface area contributed by atoms with Crippen LogP contribution >= 0.6 is 0 Å². The number of nitrogens with two attached hydrogens (primary N) is 1. The Hall–Kier alpha value is -3.80. The number of anilines is 2. The molecular formula is C24H24N2O4. The first-order valence-electron chi connectivity index (χ1n) is 9.59. The molecule has 0 aliphatic rings. The maximum Gasteiger partial charge on any atom is 0.421 e. The third kappa shape index (κ3) is 5.38. The highest BCUT2D eigenvalue weighted by Gasteiger charge is 2.25. The Bertz CT molecular complexity index is 991. The van der Waals surface area contributed by atoms with E-state index in [0.29, 0.717) is 23.5 Å². The van der Waals surface area contributed by atoms with E-state index in [2.05, 4.69) is 0 Å². The van der Waals surface area contributed by atoms with Crippen molar-refractivity contribution in [2.45, 2.75) is 19.4 Å². The van der Waals surface area contributed by atoms with Gasteiger partial charge in [-0.2, -0.15) is 0 Å². The second-order valence-corrected chi connectivity index (χ2v) is 6.67. The third-order valence-electron chi connectivity index (χ3n) is 4.61. The lowest BCUT2D eigenvalue weighted by Crippen LogP contribution is -2.37. The van der Waals surface area contributed by atoms with Crippen molar-refractivity contribution >= 4 is 23.4 Å². The molecule has 0 heterocycles. The molecule has 0 unspecified atom stereocenters. The lowest BCUT2D eigenvalue weighted by atomic mass is 10.1. The summed E-state index contributed by atoms with van der Waals surface area (Å²) in [6.07, 6.45) is -0.215. The van der Waals surface area contributed by atoms with Crippen LogP contribution in [0.15, 0.2) is 78.9 Å². The molecule has 3 aromatic carbocycles. The Kier molecular flexibility index (Phi) is 7.05. The lowest BCUT2D eigenvalue weighted by molar-refractivity contribution is -0.118. The van der Waals surface area contributed by atoms with Crippen LogP contribution in [-0.2, 0) is 22.6 Å². The zero-order valence-electron chi connectivity index (χ0n) is 16.8. The normalized spacial score (nSPS) is 10.3. The van der Waals surface area contributed by atoms with E-state index in [9.17, 15) is 9.59 Å². The monoisotopic (exact) mass is 404 g/mol. The van der Waals surface area contributed by atoms with Crippen LogP contribution in [0.3, 0.4) is 0 Å². The van der Waals surface area contributed by atoms with Crippen molar-refractivity contribution in [2.24, 2.45) is 0 Å². The maximum atomic E-state index is 13.0. The number of nitrogen functional groups attached to an aromatic ring is 1. The summed E-state index contributed by atoms with van der Waals surface area (Å²) in [5, 5.41) is 0. The number of benzene rings is 3. The van der Waals surface area contributed by atoms with Crippen LogP contribution in [0, 0.1) is 0 Å². The molecule has 3 aromatic rings. The number of hydrogen-bond donors (Lipinski definition) is 1. The fourth-order valence-corrected chi connectivity index (χ4v) is 2.99. The summed E-state index contributed by atoms with van der Waals surface area (Å²) in [5.41, 5.74) is 8.71. The van der Waals surface area contributed by atoms with Crippen molar-refractivity contribution in [1.82, 2.24) is 0 Å². The number of hydrogen-bond acceptors (Lipinski definition) is 5. The summed E-state index contributed by atoms with van der Waals surface area (Å²) < 4.78 is 10.5. The lowest BCUT2D eigenvalue weighted by Gasteiger charge is -2.21. The third-order valence-corrected chi connectivity index (χ3v) is 4.61. The number of rotatable bonds is 7. The molecule has 6 nitrogen and oxygen atoms in total. The number of amides is 2. The van der Waals surface area contributed by atoms with E-state index in [1.165, 1.54) is 0 Å². The molecule has 154 valence electrons. The van der Waals surface area contributed by atoms with Crippen LogP contribution in [0.2, 0.25) is 0 Å². The molecule has 3 rings (SSSR count). The van der Waals surface area contributed by atoms with Crippen LogP contribution < -0.4 is 15.4 Å². The molecule has 2 amide bonds. The van der Waals surface area contributed by atoms with Crippen molar-refractivity contribution in [1.29, 1.82) is 0 Å². The van der Waals surface area contributed by atoms with Gasteiger partial charge in [-0.05, 0) is 35.7 Å². The van der Waals surface area contributed by atoms with Gasteiger partial charge in [-0.1, -0.05) is 54.6 Å². The molecule has 0 saturated heterocycles. The molecule has 6 heteroatoms. The van der Waals surface area contributed by atoms with E-state index in [4.69, 9.17) is 15.2 Å². The van der Waals surface area contributed by atoms with Crippen molar-refractivity contribution in [3.05, 3.63) is 90.0 Å². The number of carbonyl (C=O) groups is 2. The van der Waals surface area contributed by atoms with E-state index in [0.717, 1.165) is 16.0 Å². The summed E-state index contributed by atoms with van der Waals surface area (Å²) >= 11 is 0. The van der Waals surface area contributed by atoms with Crippen LogP contribution in [0.4, 0.5) is 16.2 Å². The van der Waals surface area contributed by atoms with Crippen molar-refractivity contribution in [2.75, 3.05) is 17.7 Å². The molecule has 0 aromatic heterocycles. The number of ether oxygens (including phenoxy) is 2. The van der Waals surface area contributed by atoms with Crippen LogP contribution in [-0.4, -0.2) is 19.1 Å². The quantitative estimate of drug-likeness (QED) is 0.583. The minimum Gasteiger partial charge on any atom is -0.497 e. The molecule has 0 atom stereocenters. The maximum absolute atomic E-state index is 13.0. The Balaban J connectivity index is 1.71. The van der Waals surface area contributed by atoms with E-state index in [1.807, 2.05) is 42.5 Å². The number of imide groups is 1. The fraction of sp³-hybridized carbons (Fsp3) is 0.167. The van der Waals surface area contributed by atoms with Gasteiger partial charge >= 0.3 is 6.09 Å². The summed E-state index contributed by atoms with van der Waals surface area (Å²) in [6.45, 7) is 0.0850. The summed E-state index contributed by atoms with van der Waals surface area (Å²) in [5.74, 6) is 0.285. The zero-order valence-corrected chi connectivity index (χ0v) is 16.8. The SMILES string of the molecule is COc1ccc(CCC(=O)N(C(=O)OCc2ccccc2)c2ccccc2)c(N)c1. The minimum absolute atomic E-state index is 0.0850. The highest BCUT2D eigenvalue weighted by atomic mass is 16.6. The molecule has 0 aliphatic carbocycles. The minimum atomic E-state index is -0.710. The number of para-hydroxylation sites is 1. The Morgan fingerprint density at radius 1 is 0.933 bits per heavy atom. The van der Waals surface area contributed by atoms with Gasteiger partial charge in [-0.15, -0.1) is 0 Å². The molecule has 0 spiro atoms. The number of carbonyl (C=O) groups excluding carboxylic acids is 2. The van der Waals surface area contributed by atoms with Crippen LogP contribution in [0.25, 0.3) is 0 Å². The summed E-state index contributed by atoms with van der Waals surface area (Å²) in [6, 6.07) is 23.4. The molecular weight excluding hydrogens is 380 g/mol. The van der Waals surface area contributed by atoms with Gasteiger partial charge in [0.15, 0.2) is 0 Å². The van der Waals surface area contributed by atoms with Crippen LogP contribution in [0.1, 0.15) is 17.5 Å². The molecule has 0 bridgehead atoms. The van der Waals surface area contributed by atoms with E-state index >= 15 is 0 Å². The predicted octanol–water partition coefficient (Wildman–Crippen LogP) is 4.58. The zero-order chi connectivity index (χ0) is 21.3. The summed E-state index contributed by atoms with van der Waals surface area (Å²) in [4.78, 5) is 26.8. The van der Waals surface area contributed by atoms with Gasteiger partial charge in [0.05, 0.1) is 12.8 Å². The first kappa shape index (κ1) is 20.9. The van der Waals surface area contributed by atoms with Crippen molar-refractivity contribution < 1.29 is 19.1 Å². The summed E-state index contributed by atoms with van der Waals surface area (Å²) in [7, 11) is 1.57. The Morgan fingerprint density at radius 2 is 1.60 bits per heavy atom. The van der Waals surface area contributed by atoms with Gasteiger partial charge in [0.1, 0.15) is 12.4 Å². The van der Waals surface area contributed by atoms with Crippen molar-refractivity contribution in [3.8, 4) is 5.75 Å². The van der Waals surface area contributed by atoms with Gasteiger partial charge < -0.3 is 15.2 Å². The first-order chi connectivity index (χ1) is 14.6. The predicted molar refractivity (Wildman–Crippen MR) is 116 cm³/mol. The van der Waals surface area contributed by atoms with Crippen LogP contribution in [0.5, 0.6) is 5.75 Å². The average molecular weight is 404 g/mol. The number of aryl methyl sites for hydroxylation is 1.